The predicted molar refractivity (Wildman–Crippen MR) is 58.1 cm³/mol. The summed E-state index contributed by atoms with van der Waals surface area (Å²) in [6, 6.07) is 7.69. The molecule has 12 heavy (non-hydrogen) atoms. The van der Waals surface area contributed by atoms with Gasteiger partial charge in [-0.05, 0) is 0 Å². The molecule has 1 aromatic carbocycles. The Balaban J connectivity index is 3.00. The third-order valence-corrected chi connectivity index (χ3v) is 4.60. The molecule has 0 spiro atoms. The third-order valence-electron chi connectivity index (χ3n) is 1.44. The van der Waals surface area contributed by atoms with Gasteiger partial charge in [0, 0.05) is 0 Å². The van der Waals surface area contributed by atoms with Gasteiger partial charge in [-0.3, -0.25) is 0 Å². The third kappa shape index (κ3) is 2.85. The number of benzene rings is 1. The van der Waals surface area contributed by atoms with Crippen LogP contribution >= 0.6 is 28.7 Å². The molecule has 0 fully saturated rings. The van der Waals surface area contributed by atoms with Gasteiger partial charge in [-0.25, -0.2) is 0 Å². The van der Waals surface area contributed by atoms with Crippen LogP contribution in [0.4, 0.5) is 0 Å². The van der Waals surface area contributed by atoms with E-state index in [1.807, 2.05) is 24.3 Å². The second-order valence-corrected chi connectivity index (χ2v) is 7.42. The molecule has 64 valence electrons. The van der Waals surface area contributed by atoms with Gasteiger partial charge in [0.2, 0.25) is 0 Å². The Labute approximate surface area is 95.9 Å². The molecule has 0 aromatic heterocycles. The predicted octanol–water partition coefficient (Wildman–Crippen LogP) is 2.74. The summed E-state index contributed by atoms with van der Waals surface area (Å²) in [6.45, 7) is 0. The fourth-order valence-electron chi connectivity index (χ4n) is 0.897. The number of carbonyl (C=O) groups is 1. The fraction of sp³-hybridized carbons (Fsp3) is 0.125. The fourth-order valence-corrected chi connectivity index (χ4v) is 3.99. The molecule has 0 aliphatic rings. The molecule has 1 nitrogen and oxygen atoms in total. The Morgan fingerprint density at radius 1 is 1.42 bits per heavy atom. The van der Waals surface area contributed by atoms with Crippen molar-refractivity contribution in [2.45, 2.75) is 4.47 Å². The summed E-state index contributed by atoms with van der Waals surface area (Å²) in [4.78, 5) is 11.1. The van der Waals surface area contributed by atoms with E-state index in [0.29, 0.717) is 0 Å². The normalized spacial score (nSPS) is 9.83. The van der Waals surface area contributed by atoms with Crippen molar-refractivity contribution in [1.29, 1.82) is 0 Å². The first-order valence-electron chi connectivity index (χ1n) is 3.27. The minimum absolute atomic E-state index is 0.0217. The van der Waals surface area contributed by atoms with Crippen LogP contribution < -0.4 is 0 Å². The van der Waals surface area contributed by atoms with E-state index < -0.39 is 0 Å². The van der Waals surface area contributed by atoms with Crippen molar-refractivity contribution in [3.05, 3.63) is 35.4 Å². The molecule has 1 aromatic rings. The van der Waals surface area contributed by atoms with Crippen molar-refractivity contribution >= 4 is 52.1 Å². The molecule has 0 aliphatic heterocycles. The first kappa shape index (κ1) is 10.7. The van der Waals surface area contributed by atoms with E-state index in [4.69, 9.17) is 0 Å². The first-order valence-corrected chi connectivity index (χ1v) is 10.9. The van der Waals surface area contributed by atoms with Crippen LogP contribution in [-0.4, -0.2) is 23.4 Å². The number of halogens is 2. The average Bonchev–Trinajstić information content (AvgIpc) is 2.05. The van der Waals surface area contributed by atoms with Gasteiger partial charge in [-0.2, -0.15) is 0 Å². The summed E-state index contributed by atoms with van der Waals surface area (Å²) in [5, 5.41) is 0. The molecule has 0 N–H and O–H groups in total. The Kier molecular flexibility index (Phi) is 4.81. The summed E-state index contributed by atoms with van der Waals surface area (Å²) >= 11 is 6.31. The molecule has 0 amide bonds. The second kappa shape index (κ2) is 5.39. The van der Waals surface area contributed by atoms with Crippen molar-refractivity contribution < 1.29 is 4.79 Å². The SMILES string of the molecule is O=C(Br)c1ccccc1C[Te]Br. The van der Waals surface area contributed by atoms with Crippen LogP contribution in [0.1, 0.15) is 15.9 Å². The van der Waals surface area contributed by atoms with Crippen molar-refractivity contribution in [3.63, 3.8) is 0 Å². The number of rotatable bonds is 3. The summed E-state index contributed by atoms with van der Waals surface area (Å²) < 4.78 is 0.991. The topological polar surface area (TPSA) is 17.1 Å². The zero-order valence-electron chi connectivity index (χ0n) is 6.09. The van der Waals surface area contributed by atoms with E-state index in [1.165, 1.54) is 0 Å². The maximum atomic E-state index is 11.1. The summed E-state index contributed by atoms with van der Waals surface area (Å²) in [6.07, 6.45) is 0. The molecule has 4 heteroatoms. The van der Waals surface area contributed by atoms with Crippen molar-refractivity contribution in [2.75, 3.05) is 0 Å². The molecular weight excluding hydrogens is 399 g/mol. The molecule has 0 saturated heterocycles. The molecule has 1 rings (SSSR count). The quantitative estimate of drug-likeness (QED) is 0.558. The Bertz CT molecular complexity index is 288. The molecule has 0 radical (unpaired) electrons. The summed E-state index contributed by atoms with van der Waals surface area (Å²) in [7, 11) is 0. The van der Waals surface area contributed by atoms with E-state index >= 15 is 0 Å². The average molecular weight is 406 g/mol. The minimum atomic E-state index is -0.129. The van der Waals surface area contributed by atoms with Gasteiger partial charge >= 0.3 is 96.7 Å². The van der Waals surface area contributed by atoms with Gasteiger partial charge in [0.15, 0.2) is 0 Å². The summed E-state index contributed by atoms with van der Waals surface area (Å²) in [5.41, 5.74) is 1.93. The molecule has 0 heterocycles. The monoisotopic (exact) mass is 406 g/mol. The van der Waals surface area contributed by atoms with E-state index in [-0.39, 0.29) is 23.4 Å². The molecule has 0 saturated carbocycles. The van der Waals surface area contributed by atoms with E-state index in [0.717, 1.165) is 15.6 Å². The van der Waals surface area contributed by atoms with Crippen LogP contribution in [-0.2, 0) is 4.47 Å². The van der Waals surface area contributed by atoms with Crippen LogP contribution in [0.5, 0.6) is 0 Å². The standard InChI is InChI=1S/C8H6Br2OTe/c9-8(11)7-4-2-1-3-6(7)5-12-10/h1-4H,5H2. The zero-order valence-corrected chi connectivity index (χ0v) is 11.6. The van der Waals surface area contributed by atoms with Gasteiger partial charge in [-0.15, -0.1) is 0 Å². The van der Waals surface area contributed by atoms with Gasteiger partial charge < -0.3 is 0 Å². The Morgan fingerprint density at radius 3 is 2.67 bits per heavy atom. The molecule has 0 bridgehead atoms. The number of carbonyl (C=O) groups excluding carboxylic acids is 1. The van der Waals surface area contributed by atoms with Crippen LogP contribution in [0.25, 0.3) is 0 Å². The van der Waals surface area contributed by atoms with Gasteiger partial charge in [0.1, 0.15) is 0 Å². The number of hydrogen-bond acceptors (Lipinski definition) is 1. The van der Waals surface area contributed by atoms with Gasteiger partial charge in [0.25, 0.3) is 0 Å². The maximum absolute atomic E-state index is 11.1. The van der Waals surface area contributed by atoms with Crippen LogP contribution in [0.15, 0.2) is 24.3 Å². The van der Waals surface area contributed by atoms with Gasteiger partial charge in [0.05, 0.1) is 0 Å². The van der Waals surface area contributed by atoms with E-state index in [2.05, 4.69) is 28.7 Å². The van der Waals surface area contributed by atoms with Crippen molar-refractivity contribution in [2.24, 2.45) is 0 Å². The second-order valence-electron chi connectivity index (χ2n) is 2.18. The zero-order chi connectivity index (χ0) is 8.97. The van der Waals surface area contributed by atoms with E-state index in [1.54, 1.807) is 0 Å². The Hall–Kier alpha value is 0.640. The van der Waals surface area contributed by atoms with Crippen molar-refractivity contribution in [3.8, 4) is 0 Å². The molecular formula is C8H6Br2OTe. The number of hydrogen-bond donors (Lipinski definition) is 0. The van der Waals surface area contributed by atoms with Crippen molar-refractivity contribution in [1.82, 2.24) is 0 Å². The first-order chi connectivity index (χ1) is 5.75. The van der Waals surface area contributed by atoms with Gasteiger partial charge in [-0.1, -0.05) is 0 Å². The molecule has 0 unspecified atom stereocenters. The van der Waals surface area contributed by atoms with Crippen LogP contribution in [0.3, 0.4) is 0 Å². The van der Waals surface area contributed by atoms with E-state index in [9.17, 15) is 4.79 Å². The summed E-state index contributed by atoms with van der Waals surface area (Å²) in [5.74, 6) is 0. The molecule has 0 aliphatic carbocycles. The Morgan fingerprint density at radius 2 is 2.08 bits per heavy atom. The van der Waals surface area contributed by atoms with Crippen LogP contribution in [0, 0.1) is 0 Å². The van der Waals surface area contributed by atoms with Crippen LogP contribution in [0.2, 0.25) is 0 Å². The molecule has 0 atom stereocenters.